The van der Waals surface area contributed by atoms with Gasteiger partial charge in [0.25, 0.3) is 5.91 Å². The van der Waals surface area contributed by atoms with Crippen LogP contribution in [-0.4, -0.2) is 32.6 Å². The zero-order valence-corrected chi connectivity index (χ0v) is 14.7. The number of carbonyl (C=O) groups is 1. The summed E-state index contributed by atoms with van der Waals surface area (Å²) in [6.07, 6.45) is 6.54. The maximum absolute atomic E-state index is 12.6. The molecule has 1 aliphatic heterocycles. The number of primary sulfonamides is 1. The summed E-state index contributed by atoms with van der Waals surface area (Å²) < 4.78 is 29.0. The van der Waals surface area contributed by atoms with E-state index in [1.54, 1.807) is 13.0 Å². The highest BCUT2D eigenvalue weighted by atomic mass is 32.2. The molecule has 0 radical (unpaired) electrons. The van der Waals surface area contributed by atoms with E-state index in [0.717, 1.165) is 19.3 Å². The predicted molar refractivity (Wildman–Crippen MR) is 90.2 cm³/mol. The Kier molecular flexibility index (Phi) is 4.68. The van der Waals surface area contributed by atoms with E-state index in [1.165, 1.54) is 31.4 Å². The number of hydrogen-bond donors (Lipinski definition) is 2. The third kappa shape index (κ3) is 3.63. The average Bonchev–Trinajstić information content (AvgIpc) is 2.89. The van der Waals surface area contributed by atoms with Gasteiger partial charge < -0.3 is 10.1 Å². The first-order chi connectivity index (χ1) is 11.3. The van der Waals surface area contributed by atoms with Crippen LogP contribution in [0.1, 0.15) is 54.4 Å². The van der Waals surface area contributed by atoms with Gasteiger partial charge in [-0.15, -0.1) is 0 Å². The summed E-state index contributed by atoms with van der Waals surface area (Å²) >= 11 is 0. The van der Waals surface area contributed by atoms with Crippen LogP contribution in [0.4, 0.5) is 0 Å². The summed E-state index contributed by atoms with van der Waals surface area (Å²) in [4.78, 5) is 12.5. The van der Waals surface area contributed by atoms with Crippen LogP contribution in [0.15, 0.2) is 23.1 Å². The number of nitrogens with two attached hydrogens (primary N) is 1. The van der Waals surface area contributed by atoms with E-state index < -0.39 is 10.0 Å². The van der Waals surface area contributed by atoms with Gasteiger partial charge in [0.1, 0.15) is 0 Å². The molecule has 3 rings (SSSR count). The summed E-state index contributed by atoms with van der Waals surface area (Å²) in [6, 6.07) is 4.32. The van der Waals surface area contributed by atoms with Crippen LogP contribution >= 0.6 is 0 Å². The van der Waals surface area contributed by atoms with Crippen molar-refractivity contribution in [3.8, 4) is 0 Å². The number of sulfonamides is 1. The summed E-state index contributed by atoms with van der Waals surface area (Å²) in [5.74, 6) is -0.278. The molecule has 1 aliphatic carbocycles. The van der Waals surface area contributed by atoms with Crippen LogP contribution in [0.5, 0.6) is 0 Å². The topological polar surface area (TPSA) is 98.5 Å². The fourth-order valence-corrected chi connectivity index (χ4v) is 4.31. The Morgan fingerprint density at radius 1 is 1.29 bits per heavy atom. The molecule has 3 N–H and O–H groups in total. The maximum Gasteiger partial charge on any atom is 0.251 e. The van der Waals surface area contributed by atoms with Gasteiger partial charge in [-0.3, -0.25) is 4.79 Å². The summed E-state index contributed by atoms with van der Waals surface area (Å²) in [5, 5.41) is 8.14. The second-order valence-corrected chi connectivity index (χ2v) is 8.51. The molecule has 132 valence electrons. The Bertz CT molecular complexity index is 739. The van der Waals surface area contributed by atoms with Crippen LogP contribution in [0.25, 0.3) is 0 Å². The number of ether oxygens (including phenoxy) is 1. The van der Waals surface area contributed by atoms with Crippen LogP contribution in [-0.2, 0) is 14.8 Å². The number of aryl methyl sites for hydroxylation is 1. The monoisotopic (exact) mass is 352 g/mol. The number of amides is 1. The molecule has 1 amide bonds. The first-order valence-electron chi connectivity index (χ1n) is 8.37. The zero-order valence-electron chi connectivity index (χ0n) is 13.9. The first-order valence-corrected chi connectivity index (χ1v) is 9.92. The third-order valence-electron chi connectivity index (χ3n) is 5.09. The Morgan fingerprint density at radius 2 is 2.00 bits per heavy atom. The normalized spacial score (nSPS) is 23.3. The molecule has 0 bridgehead atoms. The molecule has 2 aliphatic rings. The zero-order chi connectivity index (χ0) is 17.4. The summed E-state index contributed by atoms with van der Waals surface area (Å²) in [6.45, 7) is 2.29. The van der Waals surface area contributed by atoms with Crippen LogP contribution in [0.3, 0.4) is 0 Å². The number of hydrogen-bond acceptors (Lipinski definition) is 4. The minimum Gasteiger partial charge on any atom is -0.373 e. The fourth-order valence-electron chi connectivity index (χ4n) is 3.77. The Labute approximate surface area is 142 Å². The van der Waals surface area contributed by atoms with Crippen LogP contribution in [0.2, 0.25) is 0 Å². The maximum atomic E-state index is 12.6. The van der Waals surface area contributed by atoms with Gasteiger partial charge in [-0.2, -0.15) is 0 Å². The Hall–Kier alpha value is -1.44. The van der Waals surface area contributed by atoms with Gasteiger partial charge in [-0.25, -0.2) is 13.6 Å². The van der Waals surface area contributed by atoms with Gasteiger partial charge in [0.15, 0.2) is 0 Å². The van der Waals surface area contributed by atoms with Gasteiger partial charge in [0.2, 0.25) is 10.0 Å². The van der Waals surface area contributed by atoms with Crippen molar-refractivity contribution in [1.82, 2.24) is 5.32 Å². The molecule has 1 aromatic carbocycles. The molecule has 1 heterocycles. The van der Waals surface area contributed by atoms with Crippen LogP contribution in [0, 0.1) is 6.92 Å². The molecular weight excluding hydrogens is 328 g/mol. The molecule has 6 nitrogen and oxygen atoms in total. The van der Waals surface area contributed by atoms with E-state index in [-0.39, 0.29) is 22.4 Å². The van der Waals surface area contributed by atoms with Crippen molar-refractivity contribution < 1.29 is 17.9 Å². The molecule has 1 saturated heterocycles. The molecular formula is C17H24N2O4S. The van der Waals surface area contributed by atoms with Gasteiger partial charge in [-0.1, -0.05) is 25.3 Å². The average molecular weight is 352 g/mol. The second-order valence-electron chi connectivity index (χ2n) is 6.95. The molecule has 2 fully saturated rings. The molecule has 1 saturated carbocycles. The van der Waals surface area contributed by atoms with Gasteiger partial charge in [0.05, 0.1) is 23.1 Å². The highest BCUT2D eigenvalue weighted by Crippen LogP contribution is 2.39. The molecule has 1 aromatic rings. The van der Waals surface area contributed by atoms with E-state index in [4.69, 9.17) is 9.88 Å². The SMILES string of the molecule is Cc1ccc(S(N)(=O)=O)cc1C(=O)N[C@@H]1COC2(CCCCC2)C1. The van der Waals surface area contributed by atoms with Gasteiger partial charge in [0, 0.05) is 5.56 Å². The Morgan fingerprint density at radius 3 is 2.67 bits per heavy atom. The highest BCUT2D eigenvalue weighted by Gasteiger charge is 2.41. The molecule has 24 heavy (non-hydrogen) atoms. The summed E-state index contributed by atoms with van der Waals surface area (Å²) in [7, 11) is -3.83. The first kappa shape index (κ1) is 17.4. The lowest BCUT2D eigenvalue weighted by Gasteiger charge is -2.32. The number of carbonyl (C=O) groups excluding carboxylic acids is 1. The minimum atomic E-state index is -3.83. The predicted octanol–water partition coefficient (Wildman–Crippen LogP) is 1.86. The van der Waals surface area contributed by atoms with Gasteiger partial charge in [-0.05, 0) is 43.9 Å². The van der Waals surface area contributed by atoms with E-state index in [2.05, 4.69) is 5.32 Å². The van der Waals surface area contributed by atoms with Gasteiger partial charge >= 0.3 is 0 Å². The van der Waals surface area contributed by atoms with E-state index in [0.29, 0.717) is 17.7 Å². The summed E-state index contributed by atoms with van der Waals surface area (Å²) in [5.41, 5.74) is 0.977. The lowest BCUT2D eigenvalue weighted by molar-refractivity contribution is -0.0246. The molecule has 0 unspecified atom stereocenters. The molecule has 1 atom stereocenters. The lowest BCUT2D eigenvalue weighted by atomic mass is 9.82. The fraction of sp³-hybridized carbons (Fsp3) is 0.588. The number of rotatable bonds is 3. The van der Waals surface area contributed by atoms with E-state index >= 15 is 0 Å². The van der Waals surface area contributed by atoms with E-state index in [1.807, 2.05) is 0 Å². The smallest absolute Gasteiger partial charge is 0.251 e. The lowest BCUT2D eigenvalue weighted by Crippen LogP contribution is -2.37. The third-order valence-corrected chi connectivity index (χ3v) is 6.00. The quantitative estimate of drug-likeness (QED) is 0.867. The van der Waals surface area contributed by atoms with Crippen LogP contribution < -0.4 is 10.5 Å². The van der Waals surface area contributed by atoms with Crippen molar-refractivity contribution in [3.05, 3.63) is 29.3 Å². The Balaban J connectivity index is 1.72. The van der Waals surface area contributed by atoms with Crippen molar-refractivity contribution in [2.75, 3.05) is 6.61 Å². The largest absolute Gasteiger partial charge is 0.373 e. The van der Waals surface area contributed by atoms with Crippen molar-refractivity contribution in [3.63, 3.8) is 0 Å². The highest BCUT2D eigenvalue weighted by molar-refractivity contribution is 7.89. The number of nitrogens with one attached hydrogen (secondary N) is 1. The molecule has 1 spiro atoms. The van der Waals surface area contributed by atoms with Crippen molar-refractivity contribution in [2.24, 2.45) is 5.14 Å². The minimum absolute atomic E-state index is 0.0341. The standard InChI is InChI=1S/C17H24N2O4S/c1-12-5-6-14(24(18,21)22)9-15(12)16(20)19-13-10-17(23-11-13)7-3-2-4-8-17/h5-6,9,13H,2-4,7-8,10-11H2,1H3,(H,19,20)(H2,18,21,22)/t13-/m0/s1. The van der Waals surface area contributed by atoms with Crippen molar-refractivity contribution >= 4 is 15.9 Å². The molecule has 0 aromatic heterocycles. The number of benzene rings is 1. The molecule has 7 heteroatoms. The van der Waals surface area contributed by atoms with E-state index in [9.17, 15) is 13.2 Å². The van der Waals surface area contributed by atoms with Crippen molar-refractivity contribution in [2.45, 2.75) is 62.0 Å². The van der Waals surface area contributed by atoms with Crippen molar-refractivity contribution in [1.29, 1.82) is 0 Å². The second kappa shape index (κ2) is 6.46.